The fraction of sp³-hybridized carbons (Fsp3) is 0.217. The summed E-state index contributed by atoms with van der Waals surface area (Å²) >= 11 is 0. The van der Waals surface area contributed by atoms with E-state index >= 15 is 0 Å². The summed E-state index contributed by atoms with van der Waals surface area (Å²) in [6.45, 7) is 8.26. The molecule has 0 aliphatic carbocycles. The summed E-state index contributed by atoms with van der Waals surface area (Å²) < 4.78 is 10.8. The molecule has 2 aromatic heterocycles. The molecule has 0 aliphatic heterocycles. The lowest BCUT2D eigenvalue weighted by atomic mass is 9.78. The molecule has 29 heavy (non-hydrogen) atoms. The van der Waals surface area contributed by atoms with E-state index in [0.29, 0.717) is 23.3 Å². The Bertz CT molecular complexity index is 1100. The Balaban J connectivity index is 1.48. The van der Waals surface area contributed by atoms with Crippen molar-refractivity contribution in [1.82, 2.24) is 20.1 Å². The molecule has 0 atom stereocenters. The number of ether oxygens (including phenoxy) is 1. The van der Waals surface area contributed by atoms with Crippen LogP contribution in [0.1, 0.15) is 36.4 Å². The van der Waals surface area contributed by atoms with Crippen LogP contribution in [-0.4, -0.2) is 20.1 Å². The Kier molecular flexibility index (Phi) is 4.84. The molecule has 0 amide bonds. The number of hydrogen-bond donors (Lipinski definition) is 0. The van der Waals surface area contributed by atoms with Crippen molar-refractivity contribution in [3.8, 4) is 23.1 Å². The monoisotopic (exact) mass is 386 g/mol. The summed E-state index contributed by atoms with van der Waals surface area (Å²) in [5.74, 6) is 2.48. The Morgan fingerprint density at radius 1 is 0.759 bits per heavy atom. The molecule has 0 saturated heterocycles. The zero-order chi connectivity index (χ0) is 20.4. The highest BCUT2D eigenvalue weighted by Crippen LogP contribution is 2.33. The van der Waals surface area contributed by atoms with Crippen LogP contribution in [0.15, 0.2) is 65.4 Å². The highest BCUT2D eigenvalue weighted by molar-refractivity contribution is 5.43. The average Bonchev–Trinajstić information content (AvgIpc) is 3.16. The fourth-order valence-electron chi connectivity index (χ4n) is 3.09. The van der Waals surface area contributed by atoms with E-state index in [0.717, 1.165) is 5.75 Å². The van der Waals surface area contributed by atoms with Crippen molar-refractivity contribution in [2.24, 2.45) is 0 Å². The third-order valence-corrected chi connectivity index (χ3v) is 4.94. The molecule has 0 spiro atoms. The lowest BCUT2D eigenvalue weighted by Crippen LogP contribution is -2.18. The molecule has 6 heteroatoms. The first kappa shape index (κ1) is 18.8. The Morgan fingerprint density at radius 3 is 1.90 bits per heavy atom. The number of aryl methyl sites for hydroxylation is 2. The summed E-state index contributed by atoms with van der Waals surface area (Å²) in [7, 11) is 0. The number of nitrogens with zero attached hydrogens (tertiary/aromatic N) is 4. The fourth-order valence-corrected chi connectivity index (χ4v) is 3.09. The largest absolute Gasteiger partial charge is 0.454 e. The third kappa shape index (κ3) is 4.01. The van der Waals surface area contributed by atoms with Gasteiger partial charge in [-0.25, -0.2) is 9.97 Å². The van der Waals surface area contributed by atoms with Gasteiger partial charge in [0.2, 0.25) is 17.5 Å². The Labute approximate surface area is 169 Å². The van der Waals surface area contributed by atoms with Crippen LogP contribution in [0.2, 0.25) is 0 Å². The summed E-state index contributed by atoms with van der Waals surface area (Å²) in [5.41, 5.74) is 3.65. The average molecular weight is 386 g/mol. The predicted molar refractivity (Wildman–Crippen MR) is 110 cm³/mol. The molecular formula is C23H22N4O2. The highest BCUT2D eigenvalue weighted by atomic mass is 16.5. The van der Waals surface area contributed by atoms with Gasteiger partial charge in [0.15, 0.2) is 5.75 Å². The van der Waals surface area contributed by atoms with Gasteiger partial charge in [-0.1, -0.05) is 61.0 Å². The van der Waals surface area contributed by atoms with Gasteiger partial charge in [0.25, 0.3) is 0 Å². The lowest BCUT2D eigenvalue weighted by Gasteiger charge is -2.26. The summed E-state index contributed by atoms with van der Waals surface area (Å²) in [5, 5.41) is 3.81. The first-order valence-electron chi connectivity index (χ1n) is 9.40. The van der Waals surface area contributed by atoms with Gasteiger partial charge in [0.05, 0.1) is 12.4 Å². The van der Waals surface area contributed by atoms with Crippen LogP contribution in [0.4, 0.5) is 0 Å². The minimum atomic E-state index is -0.0975. The van der Waals surface area contributed by atoms with Crippen LogP contribution in [0.3, 0.4) is 0 Å². The summed E-state index contributed by atoms with van der Waals surface area (Å²) in [4.78, 5) is 12.6. The number of rotatable bonds is 5. The molecule has 0 aliphatic rings. The van der Waals surface area contributed by atoms with Crippen LogP contribution in [0, 0.1) is 13.8 Å². The van der Waals surface area contributed by atoms with Crippen molar-refractivity contribution < 1.29 is 9.26 Å². The van der Waals surface area contributed by atoms with E-state index in [-0.39, 0.29) is 5.41 Å². The van der Waals surface area contributed by atoms with E-state index in [1.165, 1.54) is 16.7 Å². The van der Waals surface area contributed by atoms with Crippen molar-refractivity contribution in [2.75, 3.05) is 0 Å². The second-order valence-electron chi connectivity index (χ2n) is 7.50. The molecule has 0 N–H and O–H groups in total. The first-order chi connectivity index (χ1) is 13.9. The zero-order valence-electron chi connectivity index (χ0n) is 16.9. The van der Waals surface area contributed by atoms with Crippen molar-refractivity contribution >= 4 is 0 Å². The number of aromatic nitrogens is 4. The second-order valence-corrected chi connectivity index (χ2v) is 7.50. The molecule has 0 saturated carbocycles. The molecule has 0 fully saturated rings. The number of hydrogen-bond acceptors (Lipinski definition) is 6. The van der Waals surface area contributed by atoms with E-state index in [4.69, 9.17) is 9.26 Å². The number of benzene rings is 2. The third-order valence-electron chi connectivity index (χ3n) is 4.94. The Hall–Kier alpha value is -3.54. The van der Waals surface area contributed by atoms with E-state index < -0.39 is 0 Å². The molecule has 0 unspecified atom stereocenters. The van der Waals surface area contributed by atoms with Crippen LogP contribution in [-0.2, 0) is 5.41 Å². The van der Waals surface area contributed by atoms with Crippen molar-refractivity contribution in [3.63, 3.8) is 0 Å². The molecule has 0 radical (unpaired) electrons. The van der Waals surface area contributed by atoms with Gasteiger partial charge in [-0.2, -0.15) is 4.98 Å². The van der Waals surface area contributed by atoms with Gasteiger partial charge in [0, 0.05) is 12.3 Å². The van der Waals surface area contributed by atoms with E-state index in [2.05, 4.69) is 77.3 Å². The van der Waals surface area contributed by atoms with Crippen LogP contribution in [0.5, 0.6) is 11.5 Å². The zero-order valence-corrected chi connectivity index (χ0v) is 16.9. The summed E-state index contributed by atoms with van der Waals surface area (Å²) in [6, 6.07) is 16.8. The molecular weight excluding hydrogens is 364 g/mol. The van der Waals surface area contributed by atoms with Gasteiger partial charge in [-0.3, -0.25) is 0 Å². The smallest absolute Gasteiger partial charge is 0.240 e. The van der Waals surface area contributed by atoms with E-state index in [1.54, 1.807) is 19.3 Å². The quantitative estimate of drug-likeness (QED) is 0.466. The SMILES string of the molecule is Cc1ccc(C(C)(C)c2ccc(Oc3cnc(-c4noc(C)n4)nc3)cc2)cc1. The summed E-state index contributed by atoms with van der Waals surface area (Å²) in [6.07, 6.45) is 3.19. The van der Waals surface area contributed by atoms with Crippen molar-refractivity contribution in [3.05, 3.63) is 83.5 Å². The minimum absolute atomic E-state index is 0.0975. The molecule has 4 aromatic rings. The second kappa shape index (κ2) is 7.47. The van der Waals surface area contributed by atoms with Crippen LogP contribution >= 0.6 is 0 Å². The van der Waals surface area contributed by atoms with E-state index in [1.807, 2.05) is 12.1 Å². The maximum absolute atomic E-state index is 5.87. The van der Waals surface area contributed by atoms with Gasteiger partial charge in [-0.15, -0.1) is 0 Å². The molecule has 0 bridgehead atoms. The molecule has 146 valence electrons. The highest BCUT2D eigenvalue weighted by Gasteiger charge is 2.23. The Morgan fingerprint density at radius 2 is 1.34 bits per heavy atom. The van der Waals surface area contributed by atoms with Gasteiger partial charge < -0.3 is 9.26 Å². The predicted octanol–water partition coefficient (Wildman–Crippen LogP) is 5.26. The normalized spacial score (nSPS) is 11.4. The van der Waals surface area contributed by atoms with Crippen LogP contribution in [0.25, 0.3) is 11.6 Å². The van der Waals surface area contributed by atoms with Gasteiger partial charge >= 0.3 is 0 Å². The van der Waals surface area contributed by atoms with Crippen molar-refractivity contribution in [1.29, 1.82) is 0 Å². The van der Waals surface area contributed by atoms with Crippen molar-refractivity contribution in [2.45, 2.75) is 33.1 Å². The first-order valence-corrected chi connectivity index (χ1v) is 9.40. The standard InChI is InChI=1S/C23H22N4O2/c1-15-5-7-17(8-6-15)23(3,4)18-9-11-19(12-10-18)28-20-13-24-21(25-14-20)22-26-16(2)29-27-22/h5-14H,1-4H3. The molecule has 2 aromatic carbocycles. The van der Waals surface area contributed by atoms with Crippen LogP contribution < -0.4 is 4.74 Å². The lowest BCUT2D eigenvalue weighted by molar-refractivity contribution is 0.394. The molecule has 2 heterocycles. The molecule has 6 nitrogen and oxygen atoms in total. The van der Waals surface area contributed by atoms with Gasteiger partial charge in [-0.05, 0) is 30.2 Å². The minimum Gasteiger partial charge on any atom is -0.454 e. The maximum atomic E-state index is 5.87. The van der Waals surface area contributed by atoms with E-state index in [9.17, 15) is 0 Å². The topological polar surface area (TPSA) is 73.9 Å². The van der Waals surface area contributed by atoms with Gasteiger partial charge in [0.1, 0.15) is 5.75 Å². The molecule has 4 rings (SSSR count). The maximum Gasteiger partial charge on any atom is 0.240 e.